The summed E-state index contributed by atoms with van der Waals surface area (Å²) >= 11 is 9.69. The van der Waals surface area contributed by atoms with Crippen molar-refractivity contribution in [2.75, 3.05) is 6.54 Å². The van der Waals surface area contributed by atoms with Crippen molar-refractivity contribution in [1.82, 2.24) is 4.98 Å². The molecule has 0 radical (unpaired) electrons. The number of halogens is 2. The molecule has 0 amide bonds. The Bertz CT molecular complexity index is 546. The minimum absolute atomic E-state index is 0.660. The second kappa shape index (κ2) is 4.40. The van der Waals surface area contributed by atoms with Crippen LogP contribution >= 0.6 is 27.5 Å². The Hall–Kier alpha value is -0.510. The molecule has 0 aliphatic carbocycles. The molecule has 1 heterocycles. The molecule has 0 unspecified atom stereocenters. The van der Waals surface area contributed by atoms with Crippen LogP contribution < -0.4 is 5.73 Å². The fourth-order valence-electron chi connectivity index (χ4n) is 2.08. The molecule has 2 aromatic rings. The largest absolute Gasteiger partial charge is 0.358 e. The predicted molar refractivity (Wildman–Crippen MR) is 73.2 cm³/mol. The molecule has 0 aliphatic rings. The molecule has 86 valence electrons. The number of nitrogens with one attached hydrogen (secondary N) is 1. The Labute approximate surface area is 108 Å². The molecule has 0 saturated carbocycles. The van der Waals surface area contributed by atoms with Gasteiger partial charge < -0.3 is 10.7 Å². The number of aryl methyl sites for hydroxylation is 2. The van der Waals surface area contributed by atoms with Gasteiger partial charge in [0.2, 0.25) is 0 Å². The Morgan fingerprint density at radius 2 is 2.12 bits per heavy atom. The number of fused-ring (bicyclic) bond motifs is 1. The van der Waals surface area contributed by atoms with Gasteiger partial charge in [0.1, 0.15) is 0 Å². The summed E-state index contributed by atoms with van der Waals surface area (Å²) in [6.07, 6.45) is 0.888. The van der Waals surface area contributed by atoms with Crippen LogP contribution in [-0.4, -0.2) is 11.5 Å². The molecule has 16 heavy (non-hydrogen) atoms. The molecule has 0 bridgehead atoms. The molecule has 0 fully saturated rings. The lowest BCUT2D eigenvalue weighted by Gasteiger charge is -2.04. The van der Waals surface area contributed by atoms with Gasteiger partial charge in [0.25, 0.3) is 0 Å². The number of hydrogen-bond donors (Lipinski definition) is 2. The fourth-order valence-corrected chi connectivity index (χ4v) is 2.76. The van der Waals surface area contributed by atoms with Gasteiger partial charge in [0, 0.05) is 15.6 Å². The van der Waals surface area contributed by atoms with Gasteiger partial charge in [-0.1, -0.05) is 11.6 Å². The minimum Gasteiger partial charge on any atom is -0.358 e. The van der Waals surface area contributed by atoms with E-state index in [0.29, 0.717) is 6.54 Å². The van der Waals surface area contributed by atoms with Crippen molar-refractivity contribution in [2.45, 2.75) is 20.3 Å². The molecule has 1 aromatic carbocycles. The van der Waals surface area contributed by atoms with Crippen LogP contribution in [-0.2, 0) is 6.42 Å². The lowest BCUT2D eigenvalue weighted by Crippen LogP contribution is -2.03. The summed E-state index contributed by atoms with van der Waals surface area (Å²) in [7, 11) is 0. The third-order valence-electron chi connectivity index (χ3n) is 2.94. The van der Waals surface area contributed by atoms with E-state index in [-0.39, 0.29) is 0 Å². The summed E-state index contributed by atoms with van der Waals surface area (Å²) < 4.78 is 0.941. The first kappa shape index (κ1) is 12.0. The first-order valence-corrected chi connectivity index (χ1v) is 6.39. The molecule has 2 rings (SSSR count). The summed E-state index contributed by atoms with van der Waals surface area (Å²) in [6.45, 7) is 4.76. The van der Waals surface area contributed by atoms with Gasteiger partial charge in [0.15, 0.2) is 0 Å². The van der Waals surface area contributed by atoms with E-state index in [1.165, 1.54) is 16.6 Å². The monoisotopic (exact) mass is 300 g/mol. The molecular weight excluding hydrogens is 288 g/mol. The summed E-state index contributed by atoms with van der Waals surface area (Å²) in [4.78, 5) is 3.39. The molecule has 1 aromatic heterocycles. The minimum atomic E-state index is 0.660. The van der Waals surface area contributed by atoms with Crippen LogP contribution in [0.2, 0.25) is 5.02 Å². The van der Waals surface area contributed by atoms with Crippen LogP contribution in [0, 0.1) is 13.8 Å². The zero-order valence-electron chi connectivity index (χ0n) is 9.32. The van der Waals surface area contributed by atoms with Gasteiger partial charge in [-0.05, 0) is 59.9 Å². The van der Waals surface area contributed by atoms with E-state index in [1.54, 1.807) is 0 Å². The van der Waals surface area contributed by atoms with Crippen molar-refractivity contribution in [2.24, 2.45) is 5.73 Å². The van der Waals surface area contributed by atoms with Crippen LogP contribution in [0.1, 0.15) is 16.8 Å². The maximum absolute atomic E-state index is 6.20. The molecule has 0 aliphatic heterocycles. The van der Waals surface area contributed by atoms with Crippen molar-refractivity contribution in [3.05, 3.63) is 32.4 Å². The van der Waals surface area contributed by atoms with E-state index in [4.69, 9.17) is 17.3 Å². The third kappa shape index (κ3) is 1.77. The highest BCUT2D eigenvalue weighted by Crippen LogP contribution is 2.35. The summed E-state index contributed by atoms with van der Waals surface area (Å²) in [5, 5.41) is 1.99. The van der Waals surface area contributed by atoms with E-state index in [1.807, 2.05) is 6.92 Å². The maximum atomic E-state index is 6.20. The van der Waals surface area contributed by atoms with Crippen molar-refractivity contribution >= 4 is 38.4 Å². The van der Waals surface area contributed by atoms with E-state index >= 15 is 0 Å². The lowest BCUT2D eigenvalue weighted by molar-refractivity contribution is 0.963. The lowest BCUT2D eigenvalue weighted by atomic mass is 10.1. The highest BCUT2D eigenvalue weighted by atomic mass is 79.9. The van der Waals surface area contributed by atoms with Gasteiger partial charge in [-0.3, -0.25) is 0 Å². The highest BCUT2D eigenvalue weighted by molar-refractivity contribution is 9.10. The maximum Gasteiger partial charge on any atom is 0.0598 e. The average molecular weight is 302 g/mol. The zero-order valence-corrected chi connectivity index (χ0v) is 11.7. The normalized spacial score (nSPS) is 11.3. The molecule has 0 saturated heterocycles. The van der Waals surface area contributed by atoms with Crippen LogP contribution in [0.4, 0.5) is 0 Å². The van der Waals surface area contributed by atoms with Gasteiger partial charge in [0.05, 0.1) is 10.5 Å². The van der Waals surface area contributed by atoms with Crippen molar-refractivity contribution in [1.29, 1.82) is 0 Å². The first-order valence-electron chi connectivity index (χ1n) is 5.22. The number of nitrogens with two attached hydrogens (primary N) is 1. The Morgan fingerprint density at radius 3 is 2.75 bits per heavy atom. The van der Waals surface area contributed by atoms with Crippen LogP contribution in [0.15, 0.2) is 10.5 Å². The molecule has 2 nitrogen and oxygen atoms in total. The van der Waals surface area contributed by atoms with Gasteiger partial charge in [-0.25, -0.2) is 0 Å². The quantitative estimate of drug-likeness (QED) is 0.872. The van der Waals surface area contributed by atoms with Crippen molar-refractivity contribution in [3.63, 3.8) is 0 Å². The van der Waals surface area contributed by atoms with Crippen molar-refractivity contribution < 1.29 is 0 Å². The number of aromatic amines is 1. The Morgan fingerprint density at radius 1 is 1.44 bits per heavy atom. The highest BCUT2D eigenvalue weighted by Gasteiger charge is 2.13. The second-order valence-electron chi connectivity index (χ2n) is 3.99. The topological polar surface area (TPSA) is 41.8 Å². The molecule has 0 spiro atoms. The number of hydrogen-bond acceptors (Lipinski definition) is 1. The molecule has 0 atom stereocenters. The van der Waals surface area contributed by atoms with Gasteiger partial charge >= 0.3 is 0 Å². The van der Waals surface area contributed by atoms with Crippen LogP contribution in [0.5, 0.6) is 0 Å². The standard InChI is InChI=1S/C12H14BrClN2/c1-6-11(14)10(13)5-9-8(3-4-15)7(2)16-12(6)9/h5,16H,3-4,15H2,1-2H3. The predicted octanol–water partition coefficient (Wildman–Crippen LogP) is 3.70. The Kier molecular flexibility index (Phi) is 3.29. The van der Waals surface area contributed by atoms with E-state index in [0.717, 1.165) is 27.0 Å². The number of benzene rings is 1. The third-order valence-corrected chi connectivity index (χ3v) is 4.28. The molecule has 3 N–H and O–H groups in total. The first-order chi connectivity index (χ1) is 7.56. The smallest absolute Gasteiger partial charge is 0.0598 e. The van der Waals surface area contributed by atoms with Crippen LogP contribution in [0.3, 0.4) is 0 Å². The Balaban J connectivity index is 2.80. The van der Waals surface area contributed by atoms with E-state index < -0.39 is 0 Å². The fraction of sp³-hybridized carbons (Fsp3) is 0.333. The SMILES string of the molecule is Cc1[nH]c2c(C)c(Cl)c(Br)cc2c1CCN. The number of rotatable bonds is 2. The van der Waals surface area contributed by atoms with E-state index in [2.05, 4.69) is 33.9 Å². The number of H-pyrrole nitrogens is 1. The average Bonchev–Trinajstić information content (AvgIpc) is 2.55. The van der Waals surface area contributed by atoms with Gasteiger partial charge in [-0.2, -0.15) is 0 Å². The summed E-state index contributed by atoms with van der Waals surface area (Å²) in [5.74, 6) is 0. The number of aromatic nitrogens is 1. The van der Waals surface area contributed by atoms with Crippen molar-refractivity contribution in [3.8, 4) is 0 Å². The summed E-state index contributed by atoms with van der Waals surface area (Å²) in [6, 6.07) is 2.07. The molecule has 4 heteroatoms. The van der Waals surface area contributed by atoms with E-state index in [9.17, 15) is 0 Å². The summed E-state index contributed by atoms with van der Waals surface area (Å²) in [5.41, 5.74) is 10.3. The van der Waals surface area contributed by atoms with Crippen LogP contribution in [0.25, 0.3) is 10.9 Å². The molecular formula is C12H14BrClN2. The second-order valence-corrected chi connectivity index (χ2v) is 5.22. The zero-order chi connectivity index (χ0) is 11.9. The van der Waals surface area contributed by atoms with Gasteiger partial charge in [-0.15, -0.1) is 0 Å².